The number of aromatic nitrogens is 2. The zero-order valence-electron chi connectivity index (χ0n) is 16.7. The molecule has 1 aliphatic carbocycles. The predicted molar refractivity (Wildman–Crippen MR) is 109 cm³/mol. The molecule has 6 nitrogen and oxygen atoms in total. The van der Waals surface area contributed by atoms with Crippen LogP contribution in [-0.2, 0) is 6.42 Å². The Kier molecular flexibility index (Phi) is 4.74. The number of nitrogens with one attached hydrogen (secondary N) is 1. The molecule has 0 aliphatic heterocycles. The molecule has 1 aliphatic rings. The van der Waals surface area contributed by atoms with Crippen LogP contribution in [0.15, 0.2) is 36.4 Å². The zero-order valence-corrected chi connectivity index (χ0v) is 16.7. The number of methoxy groups -OCH3 is 2. The first-order chi connectivity index (χ1) is 13.9. The van der Waals surface area contributed by atoms with E-state index >= 15 is 0 Å². The largest absolute Gasteiger partial charge is 0.493 e. The van der Waals surface area contributed by atoms with Gasteiger partial charge in [-0.15, -0.1) is 5.10 Å². The minimum absolute atomic E-state index is 0.115. The molecule has 0 saturated heterocycles. The predicted octanol–water partition coefficient (Wildman–Crippen LogP) is 4.65. The molecule has 7 heteroatoms. The fourth-order valence-corrected chi connectivity index (χ4v) is 3.58. The van der Waals surface area contributed by atoms with Gasteiger partial charge < -0.3 is 14.8 Å². The molecule has 0 spiro atoms. The number of halogens is 1. The van der Waals surface area contributed by atoms with Gasteiger partial charge in [0.15, 0.2) is 17.3 Å². The second-order valence-corrected chi connectivity index (χ2v) is 7.26. The minimum atomic E-state index is -0.345. The molecule has 0 amide bonds. The summed E-state index contributed by atoms with van der Waals surface area (Å²) in [6.45, 7) is 3.67. The molecule has 0 radical (unpaired) electrons. The van der Waals surface area contributed by atoms with Crippen LogP contribution >= 0.6 is 0 Å². The van der Waals surface area contributed by atoms with Crippen LogP contribution in [0.4, 0.5) is 15.9 Å². The summed E-state index contributed by atoms with van der Waals surface area (Å²) in [5.41, 5.74) is 4.08. The summed E-state index contributed by atoms with van der Waals surface area (Å²) in [6, 6.07) is 9.95. The van der Waals surface area contributed by atoms with E-state index < -0.39 is 0 Å². The number of carbonyl (C=O) groups excluding carboxylic acids is 1. The Morgan fingerprint density at radius 2 is 1.90 bits per heavy atom. The highest BCUT2D eigenvalue weighted by atomic mass is 19.1. The summed E-state index contributed by atoms with van der Waals surface area (Å²) in [7, 11) is 3.17. The van der Waals surface area contributed by atoms with Crippen LogP contribution < -0.4 is 14.8 Å². The van der Waals surface area contributed by atoms with Crippen molar-refractivity contribution in [2.24, 2.45) is 5.92 Å². The Hall–Kier alpha value is -3.35. The number of nitrogens with zero attached hydrogens (tertiary/aromatic N) is 2. The summed E-state index contributed by atoms with van der Waals surface area (Å²) in [5, 5.41) is 7.70. The Bertz CT molecular complexity index is 1100. The third kappa shape index (κ3) is 3.22. The van der Waals surface area contributed by atoms with E-state index in [0.29, 0.717) is 29.4 Å². The van der Waals surface area contributed by atoms with Gasteiger partial charge >= 0.3 is 0 Å². The normalized spacial score (nSPS) is 11.9. The second kappa shape index (κ2) is 7.24. The van der Waals surface area contributed by atoms with Crippen molar-refractivity contribution in [1.82, 2.24) is 9.78 Å². The molecule has 1 N–H and O–H groups in total. The van der Waals surface area contributed by atoms with Crippen molar-refractivity contribution in [2.45, 2.75) is 20.3 Å². The Morgan fingerprint density at radius 1 is 1.17 bits per heavy atom. The smallest absolute Gasteiger partial charge is 0.250 e. The van der Waals surface area contributed by atoms with Gasteiger partial charge in [-0.05, 0) is 35.9 Å². The molecular formula is C22H22FN3O3. The van der Waals surface area contributed by atoms with E-state index in [-0.39, 0.29) is 17.6 Å². The molecule has 0 bridgehead atoms. The van der Waals surface area contributed by atoms with Crippen molar-refractivity contribution in [2.75, 3.05) is 19.5 Å². The highest BCUT2D eigenvalue weighted by Gasteiger charge is 2.32. The number of ether oxygens (including phenoxy) is 2. The molecule has 3 aromatic rings. The number of hydrogen-bond acceptors (Lipinski definition) is 5. The van der Waals surface area contributed by atoms with Gasteiger partial charge in [0.2, 0.25) is 5.91 Å². The zero-order chi connectivity index (χ0) is 20.7. The van der Waals surface area contributed by atoms with Crippen LogP contribution in [-0.4, -0.2) is 29.9 Å². The third-order valence-corrected chi connectivity index (χ3v) is 5.01. The maximum atomic E-state index is 13.6. The molecular weight excluding hydrogens is 373 g/mol. The van der Waals surface area contributed by atoms with Crippen LogP contribution in [0.25, 0.3) is 11.3 Å². The molecule has 2 aromatic carbocycles. The molecule has 1 heterocycles. The van der Waals surface area contributed by atoms with E-state index in [2.05, 4.69) is 10.4 Å². The van der Waals surface area contributed by atoms with Crippen LogP contribution in [0.5, 0.6) is 11.5 Å². The molecule has 0 unspecified atom stereocenters. The average molecular weight is 395 g/mol. The van der Waals surface area contributed by atoms with E-state index in [9.17, 15) is 9.18 Å². The lowest BCUT2D eigenvalue weighted by Crippen LogP contribution is -2.19. The average Bonchev–Trinajstić information content (AvgIpc) is 3.23. The van der Waals surface area contributed by atoms with E-state index in [0.717, 1.165) is 22.4 Å². The van der Waals surface area contributed by atoms with Crippen LogP contribution in [0.1, 0.15) is 29.8 Å². The molecule has 0 fully saturated rings. The van der Waals surface area contributed by atoms with Gasteiger partial charge in [0.05, 0.1) is 19.9 Å². The van der Waals surface area contributed by atoms with Crippen molar-refractivity contribution >= 4 is 17.4 Å². The first-order valence-corrected chi connectivity index (χ1v) is 9.37. The summed E-state index contributed by atoms with van der Waals surface area (Å²) in [6.07, 6.45) is 0.577. The van der Waals surface area contributed by atoms with Gasteiger partial charge in [0.1, 0.15) is 5.82 Å². The third-order valence-electron chi connectivity index (χ3n) is 5.01. The van der Waals surface area contributed by atoms with Gasteiger partial charge in [-0.1, -0.05) is 19.9 Å². The van der Waals surface area contributed by atoms with Gasteiger partial charge in [-0.3, -0.25) is 4.79 Å². The number of hydrogen-bond donors (Lipinski definition) is 1. The van der Waals surface area contributed by atoms with E-state index in [1.807, 2.05) is 26.0 Å². The molecule has 29 heavy (non-hydrogen) atoms. The van der Waals surface area contributed by atoms with Crippen LogP contribution in [0, 0.1) is 11.7 Å². The molecule has 4 rings (SSSR count). The first-order valence-electron chi connectivity index (χ1n) is 9.37. The Labute approximate surface area is 168 Å². The quantitative estimate of drug-likeness (QED) is 0.533. The monoisotopic (exact) mass is 395 g/mol. The standard InChI is InChI=1S/C22H22FN3O3/c1-12(2)22(27)26-20-16-11-19(29-4)18(28-3)9-13(16)8-17(20)21(25-26)24-15-7-5-6-14(23)10-15/h5-7,9-12H,8H2,1-4H3,(H,24,25). The summed E-state index contributed by atoms with van der Waals surface area (Å²) < 4.78 is 25.9. The van der Waals surface area contributed by atoms with Crippen LogP contribution in [0.2, 0.25) is 0 Å². The van der Waals surface area contributed by atoms with Crippen molar-refractivity contribution in [3.63, 3.8) is 0 Å². The van der Waals surface area contributed by atoms with Gasteiger partial charge in [-0.25, -0.2) is 4.39 Å². The fourth-order valence-electron chi connectivity index (χ4n) is 3.58. The Balaban J connectivity index is 1.87. The number of fused-ring (bicyclic) bond motifs is 3. The number of anilines is 2. The lowest BCUT2D eigenvalue weighted by molar-refractivity contribution is 0.0841. The first kappa shape index (κ1) is 19.0. The van der Waals surface area contributed by atoms with E-state index in [4.69, 9.17) is 9.47 Å². The van der Waals surface area contributed by atoms with Crippen LogP contribution in [0.3, 0.4) is 0 Å². The lowest BCUT2D eigenvalue weighted by atomic mass is 10.1. The fraction of sp³-hybridized carbons (Fsp3) is 0.273. The number of carbonyl (C=O) groups is 1. The number of benzene rings is 2. The van der Waals surface area contributed by atoms with Gasteiger partial charge in [-0.2, -0.15) is 4.68 Å². The van der Waals surface area contributed by atoms with Crippen molar-refractivity contribution in [3.05, 3.63) is 53.3 Å². The van der Waals surface area contributed by atoms with Gasteiger partial charge in [0.25, 0.3) is 0 Å². The SMILES string of the molecule is COc1cc2c(cc1OC)-c1c(c(Nc3cccc(F)c3)nn1C(=O)C(C)C)C2. The maximum absolute atomic E-state index is 13.6. The van der Waals surface area contributed by atoms with Crippen molar-refractivity contribution in [3.8, 4) is 22.8 Å². The number of rotatable bonds is 5. The second-order valence-electron chi connectivity index (χ2n) is 7.26. The topological polar surface area (TPSA) is 65.4 Å². The Morgan fingerprint density at radius 3 is 2.55 bits per heavy atom. The maximum Gasteiger partial charge on any atom is 0.250 e. The van der Waals surface area contributed by atoms with E-state index in [1.165, 1.54) is 16.8 Å². The van der Waals surface area contributed by atoms with Gasteiger partial charge in [0, 0.05) is 29.2 Å². The van der Waals surface area contributed by atoms with Crippen molar-refractivity contribution < 1.29 is 18.7 Å². The lowest BCUT2D eigenvalue weighted by Gasteiger charge is -2.12. The highest BCUT2D eigenvalue weighted by molar-refractivity contribution is 5.91. The highest BCUT2D eigenvalue weighted by Crippen LogP contribution is 2.45. The molecule has 150 valence electrons. The minimum Gasteiger partial charge on any atom is -0.493 e. The molecule has 0 atom stereocenters. The summed E-state index contributed by atoms with van der Waals surface area (Å²) in [5.74, 6) is 1.06. The van der Waals surface area contributed by atoms with Crippen molar-refractivity contribution in [1.29, 1.82) is 0 Å². The van der Waals surface area contributed by atoms with E-state index in [1.54, 1.807) is 26.4 Å². The summed E-state index contributed by atoms with van der Waals surface area (Å²) in [4.78, 5) is 12.9. The molecule has 1 aromatic heterocycles. The molecule has 0 saturated carbocycles. The summed E-state index contributed by atoms with van der Waals surface area (Å²) >= 11 is 0.